The van der Waals surface area contributed by atoms with Crippen molar-refractivity contribution in [1.82, 2.24) is 14.9 Å². The van der Waals surface area contributed by atoms with Crippen LogP contribution in [0.3, 0.4) is 0 Å². The molecular weight excluding hydrogens is 298 g/mol. The molecule has 0 aromatic heterocycles. The molecule has 2 N–H and O–H groups in total. The Hall–Kier alpha value is -0.170. The molecule has 3 aliphatic rings. The lowest BCUT2D eigenvalue weighted by atomic mass is 9.67. The van der Waals surface area contributed by atoms with Gasteiger partial charge in [-0.25, -0.2) is 13.1 Å². The summed E-state index contributed by atoms with van der Waals surface area (Å²) < 4.78 is 26.8. The number of nitrogens with zero attached hydrogens (tertiary/aromatic N) is 1. The molecule has 1 saturated carbocycles. The van der Waals surface area contributed by atoms with Crippen LogP contribution in [0.4, 0.5) is 0 Å². The van der Waals surface area contributed by atoms with E-state index in [-0.39, 0.29) is 11.3 Å². The van der Waals surface area contributed by atoms with E-state index < -0.39 is 10.0 Å². The van der Waals surface area contributed by atoms with Crippen molar-refractivity contribution in [2.45, 2.75) is 57.2 Å². The summed E-state index contributed by atoms with van der Waals surface area (Å²) in [5.74, 6) is 0.839. The quantitative estimate of drug-likeness (QED) is 0.795. The predicted octanol–water partition coefficient (Wildman–Crippen LogP) is 1.17. The van der Waals surface area contributed by atoms with E-state index in [1.807, 2.05) is 0 Å². The van der Waals surface area contributed by atoms with Gasteiger partial charge in [-0.2, -0.15) is 0 Å². The molecule has 3 fully saturated rings. The highest BCUT2D eigenvalue weighted by Gasteiger charge is 2.45. The number of nitrogens with one attached hydrogen (secondary N) is 2. The minimum absolute atomic E-state index is 0.158. The number of hydrogen-bond donors (Lipinski definition) is 2. The van der Waals surface area contributed by atoms with E-state index >= 15 is 0 Å². The van der Waals surface area contributed by atoms with Gasteiger partial charge in [0, 0.05) is 25.7 Å². The Labute approximate surface area is 135 Å². The van der Waals surface area contributed by atoms with Crippen molar-refractivity contribution < 1.29 is 8.42 Å². The van der Waals surface area contributed by atoms with E-state index in [1.54, 1.807) is 13.8 Å². The molecule has 1 spiro atoms. The second-order valence-electron chi connectivity index (χ2n) is 8.01. The highest BCUT2D eigenvalue weighted by atomic mass is 32.2. The zero-order valence-electron chi connectivity index (χ0n) is 14.0. The van der Waals surface area contributed by atoms with Crippen LogP contribution in [-0.2, 0) is 10.0 Å². The minimum atomic E-state index is -3.12. The second kappa shape index (κ2) is 6.38. The molecule has 1 atom stereocenters. The normalized spacial score (nSPS) is 30.0. The fraction of sp³-hybridized carbons (Fsp3) is 1.00. The van der Waals surface area contributed by atoms with Crippen molar-refractivity contribution in [2.24, 2.45) is 11.3 Å². The van der Waals surface area contributed by atoms with Crippen LogP contribution in [0.5, 0.6) is 0 Å². The molecule has 0 radical (unpaired) electrons. The van der Waals surface area contributed by atoms with Gasteiger partial charge in [-0.15, -0.1) is 0 Å². The summed E-state index contributed by atoms with van der Waals surface area (Å²) in [6, 6.07) is 0.158. The molecule has 2 heterocycles. The van der Waals surface area contributed by atoms with Crippen molar-refractivity contribution in [2.75, 3.05) is 32.7 Å². The van der Waals surface area contributed by atoms with Crippen LogP contribution < -0.4 is 10.0 Å². The van der Waals surface area contributed by atoms with E-state index in [0.717, 1.165) is 18.8 Å². The van der Waals surface area contributed by atoms with Gasteiger partial charge in [0.25, 0.3) is 0 Å². The zero-order chi connectivity index (χ0) is 15.8. The minimum Gasteiger partial charge on any atom is -0.316 e. The highest BCUT2D eigenvalue weighted by molar-refractivity contribution is 7.90. The van der Waals surface area contributed by atoms with E-state index in [0.29, 0.717) is 5.41 Å². The van der Waals surface area contributed by atoms with Crippen molar-refractivity contribution >= 4 is 10.0 Å². The lowest BCUT2D eigenvalue weighted by molar-refractivity contribution is -0.0387. The van der Waals surface area contributed by atoms with Crippen LogP contribution in [0.15, 0.2) is 0 Å². The first-order valence-corrected chi connectivity index (χ1v) is 10.4. The van der Waals surface area contributed by atoms with Crippen molar-refractivity contribution in [3.63, 3.8) is 0 Å². The molecule has 0 amide bonds. The van der Waals surface area contributed by atoms with Gasteiger partial charge in [0.05, 0.1) is 5.25 Å². The van der Waals surface area contributed by atoms with Crippen LogP contribution in [0.25, 0.3) is 0 Å². The molecule has 1 unspecified atom stereocenters. The van der Waals surface area contributed by atoms with Crippen molar-refractivity contribution in [1.29, 1.82) is 0 Å². The van der Waals surface area contributed by atoms with Gasteiger partial charge in [-0.3, -0.25) is 0 Å². The molecule has 128 valence electrons. The molecule has 2 aliphatic heterocycles. The summed E-state index contributed by atoms with van der Waals surface area (Å²) in [6.07, 6.45) is 5.69. The number of hydrogen-bond acceptors (Lipinski definition) is 4. The van der Waals surface area contributed by atoms with Crippen LogP contribution in [-0.4, -0.2) is 57.3 Å². The van der Waals surface area contributed by atoms with E-state index in [9.17, 15) is 8.42 Å². The van der Waals surface area contributed by atoms with Gasteiger partial charge in [-0.1, -0.05) is 0 Å². The molecule has 6 heteroatoms. The monoisotopic (exact) mass is 329 g/mol. The third-order valence-corrected chi connectivity index (χ3v) is 7.70. The summed E-state index contributed by atoms with van der Waals surface area (Å²) in [5, 5.41) is 3.11. The van der Waals surface area contributed by atoms with Crippen LogP contribution in [0.2, 0.25) is 0 Å². The van der Waals surface area contributed by atoms with Gasteiger partial charge in [0.2, 0.25) is 10.0 Å². The molecule has 0 bridgehead atoms. The fourth-order valence-electron chi connectivity index (χ4n) is 4.30. The lowest BCUT2D eigenvalue weighted by Crippen LogP contribution is -2.59. The predicted molar refractivity (Wildman–Crippen MR) is 89.3 cm³/mol. The number of likely N-dealkylation sites (tertiary alicyclic amines) is 1. The zero-order valence-corrected chi connectivity index (χ0v) is 14.8. The maximum Gasteiger partial charge on any atom is 0.214 e. The molecule has 2 saturated heterocycles. The Kier molecular flexibility index (Phi) is 4.84. The number of rotatable bonds is 5. The molecular formula is C16H31N3O2S. The average molecular weight is 330 g/mol. The van der Waals surface area contributed by atoms with Gasteiger partial charge in [0.1, 0.15) is 0 Å². The van der Waals surface area contributed by atoms with Gasteiger partial charge in [0.15, 0.2) is 0 Å². The summed E-state index contributed by atoms with van der Waals surface area (Å²) in [6.45, 7) is 9.56. The van der Waals surface area contributed by atoms with Crippen LogP contribution in [0, 0.1) is 11.3 Å². The topological polar surface area (TPSA) is 61.4 Å². The first kappa shape index (κ1) is 16.7. The average Bonchev–Trinajstić information content (AvgIpc) is 2.92. The Morgan fingerprint density at radius 2 is 1.91 bits per heavy atom. The lowest BCUT2D eigenvalue weighted by Gasteiger charge is -2.54. The molecule has 0 aromatic rings. The van der Waals surface area contributed by atoms with Gasteiger partial charge in [-0.05, 0) is 70.4 Å². The fourth-order valence-corrected chi connectivity index (χ4v) is 5.27. The van der Waals surface area contributed by atoms with Crippen molar-refractivity contribution in [3.8, 4) is 0 Å². The highest BCUT2D eigenvalue weighted by Crippen LogP contribution is 2.44. The van der Waals surface area contributed by atoms with Gasteiger partial charge < -0.3 is 10.2 Å². The van der Waals surface area contributed by atoms with E-state index in [2.05, 4.69) is 14.9 Å². The first-order valence-electron chi connectivity index (χ1n) is 8.83. The van der Waals surface area contributed by atoms with E-state index in [4.69, 9.17) is 0 Å². The molecule has 22 heavy (non-hydrogen) atoms. The third-order valence-electron chi connectivity index (χ3n) is 5.79. The second-order valence-corrected chi connectivity index (χ2v) is 10.3. The van der Waals surface area contributed by atoms with Crippen molar-refractivity contribution in [3.05, 3.63) is 0 Å². The smallest absolute Gasteiger partial charge is 0.214 e. The summed E-state index contributed by atoms with van der Waals surface area (Å²) in [4.78, 5) is 2.61. The Balaban J connectivity index is 1.41. The van der Waals surface area contributed by atoms with Crippen LogP contribution >= 0.6 is 0 Å². The Bertz CT molecular complexity index is 470. The first-order chi connectivity index (χ1) is 10.4. The molecule has 0 aromatic carbocycles. The SMILES string of the molecule is CC(C)S(=O)(=O)NC1CCC2(CC1)CN(CC1CCNC1)C2. The third kappa shape index (κ3) is 3.66. The molecule has 3 rings (SSSR count). The Morgan fingerprint density at radius 1 is 1.23 bits per heavy atom. The van der Waals surface area contributed by atoms with Crippen LogP contribution in [0.1, 0.15) is 46.0 Å². The maximum absolute atomic E-state index is 12.0. The Morgan fingerprint density at radius 3 is 2.45 bits per heavy atom. The largest absolute Gasteiger partial charge is 0.316 e. The standard InChI is InChI=1S/C16H31N3O2S/c1-13(2)22(20,21)18-15-3-6-16(7-4-15)11-19(12-16)10-14-5-8-17-9-14/h13-15,17-18H,3-12H2,1-2H3. The number of sulfonamides is 1. The van der Waals surface area contributed by atoms with E-state index in [1.165, 1.54) is 52.0 Å². The molecule has 1 aliphatic carbocycles. The van der Waals surface area contributed by atoms with Gasteiger partial charge >= 0.3 is 0 Å². The molecule has 5 nitrogen and oxygen atoms in total. The maximum atomic E-state index is 12.0. The summed E-state index contributed by atoms with van der Waals surface area (Å²) in [5.41, 5.74) is 0.492. The summed E-state index contributed by atoms with van der Waals surface area (Å²) in [7, 11) is -3.12. The summed E-state index contributed by atoms with van der Waals surface area (Å²) >= 11 is 0.